The molecular formula is C22H11F31O3. The smallest absolute Gasteiger partial charge is 0.460 e. The SMILES string of the molecule is C=C(C)C(=O)OCC(O)CC(F)(F)C(F)(F)C(F)(F)C(F)(F)C(F)(F)C(F)(F)C(F)(F)C(F)(F)C(F)(F)C(F)(F)C(F)(F)C(F)(F)C(F)(F)C(F)(F)C(F)(F)F. The van der Waals surface area contributed by atoms with Gasteiger partial charge in [-0.2, -0.15) is 136 Å². The zero-order valence-electron chi connectivity index (χ0n) is 25.2. The van der Waals surface area contributed by atoms with Crippen LogP contribution in [0.25, 0.3) is 0 Å². The maximum absolute atomic E-state index is 14.0. The normalized spacial score (nSPS) is 16.9. The van der Waals surface area contributed by atoms with Crippen LogP contribution in [0.2, 0.25) is 0 Å². The van der Waals surface area contributed by atoms with Gasteiger partial charge in [0.05, 0.1) is 6.10 Å². The zero-order valence-corrected chi connectivity index (χ0v) is 25.2. The predicted octanol–water partition coefficient (Wildman–Crippen LogP) is 10.3. The lowest BCUT2D eigenvalue weighted by molar-refractivity contribution is -0.489. The lowest BCUT2D eigenvalue weighted by Gasteiger charge is -2.46. The number of esters is 1. The number of aliphatic hydroxyl groups excluding tert-OH is 1. The second-order valence-corrected chi connectivity index (χ2v) is 10.9. The molecule has 3 nitrogen and oxygen atoms in total. The third-order valence-corrected chi connectivity index (χ3v) is 6.79. The summed E-state index contributed by atoms with van der Waals surface area (Å²) in [6.45, 7) is 1.43. The van der Waals surface area contributed by atoms with E-state index in [9.17, 15) is 141 Å². The van der Waals surface area contributed by atoms with Gasteiger partial charge in [-0.25, -0.2) is 4.79 Å². The van der Waals surface area contributed by atoms with Crippen molar-refractivity contribution in [1.29, 1.82) is 0 Å². The zero-order chi connectivity index (χ0) is 46.4. The molecule has 0 radical (unpaired) electrons. The molecule has 1 atom stereocenters. The second-order valence-electron chi connectivity index (χ2n) is 10.9. The van der Waals surface area contributed by atoms with Crippen molar-refractivity contribution in [2.75, 3.05) is 6.61 Å². The number of rotatable bonds is 18. The molecule has 0 aliphatic heterocycles. The monoisotopic (exact) mass is 912 g/mol. The summed E-state index contributed by atoms with van der Waals surface area (Å²) in [5.74, 6) is -135. The molecule has 0 bridgehead atoms. The predicted molar refractivity (Wildman–Crippen MR) is 112 cm³/mol. The maximum Gasteiger partial charge on any atom is 0.460 e. The quantitative estimate of drug-likeness (QED) is 0.0847. The van der Waals surface area contributed by atoms with Gasteiger partial charge in [0.25, 0.3) is 0 Å². The van der Waals surface area contributed by atoms with Gasteiger partial charge < -0.3 is 9.84 Å². The number of hydrogen-bond donors (Lipinski definition) is 1. The van der Waals surface area contributed by atoms with Gasteiger partial charge in [0.2, 0.25) is 0 Å². The molecule has 34 heteroatoms. The van der Waals surface area contributed by atoms with E-state index in [0.717, 1.165) is 6.92 Å². The number of aliphatic hydroxyl groups is 1. The van der Waals surface area contributed by atoms with Crippen LogP contribution in [0.3, 0.4) is 0 Å². The van der Waals surface area contributed by atoms with Crippen LogP contribution < -0.4 is 0 Å². The average molecular weight is 912 g/mol. The Bertz CT molecular complexity index is 1450. The third-order valence-electron chi connectivity index (χ3n) is 6.79. The van der Waals surface area contributed by atoms with Gasteiger partial charge in [-0.05, 0) is 6.92 Å². The van der Waals surface area contributed by atoms with Crippen molar-refractivity contribution in [3.05, 3.63) is 12.2 Å². The largest absolute Gasteiger partial charge is 0.460 e. The van der Waals surface area contributed by atoms with E-state index in [1.807, 2.05) is 0 Å². The lowest BCUT2D eigenvalue weighted by atomic mass is 9.83. The first-order valence-electron chi connectivity index (χ1n) is 12.6. The number of hydrogen-bond acceptors (Lipinski definition) is 3. The topological polar surface area (TPSA) is 46.5 Å². The molecule has 0 aliphatic carbocycles. The highest BCUT2D eigenvalue weighted by Gasteiger charge is 3.01. The Hall–Kier alpha value is -3.00. The Morgan fingerprint density at radius 2 is 0.625 bits per heavy atom. The van der Waals surface area contributed by atoms with Crippen LogP contribution in [0.5, 0.6) is 0 Å². The van der Waals surface area contributed by atoms with Crippen molar-refractivity contribution < 1.29 is 151 Å². The van der Waals surface area contributed by atoms with Gasteiger partial charge in [0.15, 0.2) is 0 Å². The Morgan fingerprint density at radius 1 is 0.429 bits per heavy atom. The number of ether oxygens (including phenoxy) is 1. The van der Waals surface area contributed by atoms with Gasteiger partial charge >= 0.3 is 95.1 Å². The fraction of sp³-hybridized carbons (Fsp3) is 0.864. The summed E-state index contributed by atoms with van der Waals surface area (Å²) < 4.78 is 425. The molecule has 0 fully saturated rings. The summed E-state index contributed by atoms with van der Waals surface area (Å²) in [5.41, 5.74) is -0.730. The fourth-order valence-corrected chi connectivity index (χ4v) is 3.35. The van der Waals surface area contributed by atoms with Crippen LogP contribution in [0.1, 0.15) is 13.3 Å². The van der Waals surface area contributed by atoms with Crippen molar-refractivity contribution in [2.45, 2.75) is 109 Å². The molecule has 0 rings (SSSR count). The van der Waals surface area contributed by atoms with E-state index in [2.05, 4.69) is 11.3 Å². The highest BCUT2D eigenvalue weighted by Crippen LogP contribution is 2.69. The van der Waals surface area contributed by atoms with Crippen LogP contribution in [-0.2, 0) is 9.53 Å². The number of carbonyl (C=O) groups is 1. The Labute approximate surface area is 285 Å². The van der Waals surface area contributed by atoms with Crippen LogP contribution in [0, 0.1) is 0 Å². The summed E-state index contributed by atoms with van der Waals surface area (Å²) in [4.78, 5) is 11.1. The maximum atomic E-state index is 14.0. The first-order valence-corrected chi connectivity index (χ1v) is 12.6. The number of alkyl halides is 31. The minimum atomic E-state index is -10.1. The standard InChI is InChI=1S/C22H11F31O3/c1-5(2)7(55)56-4-6(54)3-8(23,24)9(25,26)10(27,28)11(29,30)12(31,32)13(33,34)14(35,36)15(37,38)16(39,40)17(41,42)18(43,44)19(45,46)20(47,48)21(49,50)22(51,52)53/h6,54H,1,3-4H2,2H3. The summed E-state index contributed by atoms with van der Waals surface area (Å²) >= 11 is 0. The molecule has 0 aromatic rings. The molecular weight excluding hydrogens is 901 g/mol. The molecule has 0 amide bonds. The van der Waals surface area contributed by atoms with E-state index in [-0.39, 0.29) is 0 Å². The highest BCUT2D eigenvalue weighted by molar-refractivity contribution is 5.86. The van der Waals surface area contributed by atoms with Crippen molar-refractivity contribution in [1.82, 2.24) is 0 Å². The summed E-state index contributed by atoms with van der Waals surface area (Å²) in [6, 6.07) is 0. The first kappa shape index (κ1) is 53.0. The average Bonchev–Trinajstić information content (AvgIpc) is 2.97. The van der Waals surface area contributed by atoms with E-state index < -0.39 is 120 Å². The molecule has 0 heterocycles. The minimum Gasteiger partial charge on any atom is -0.460 e. The Balaban J connectivity index is 7.44. The first-order chi connectivity index (χ1) is 23.7. The molecule has 0 spiro atoms. The Kier molecular flexibility index (Phi) is 13.1. The van der Waals surface area contributed by atoms with Crippen molar-refractivity contribution in [3.8, 4) is 0 Å². The fourth-order valence-electron chi connectivity index (χ4n) is 3.35. The molecule has 1 N–H and O–H groups in total. The van der Waals surface area contributed by atoms with Crippen molar-refractivity contribution >= 4 is 5.97 Å². The molecule has 0 aromatic heterocycles. The molecule has 0 aliphatic rings. The number of halogens is 31. The molecule has 0 aromatic carbocycles. The molecule has 334 valence electrons. The van der Waals surface area contributed by atoms with Crippen LogP contribution >= 0.6 is 0 Å². The minimum absolute atomic E-state index is 0.726. The van der Waals surface area contributed by atoms with Crippen LogP contribution in [0.4, 0.5) is 136 Å². The molecule has 1 unspecified atom stereocenters. The van der Waals surface area contributed by atoms with E-state index in [0.29, 0.717) is 0 Å². The van der Waals surface area contributed by atoms with Gasteiger partial charge in [0, 0.05) is 12.0 Å². The van der Waals surface area contributed by atoms with Crippen molar-refractivity contribution in [2.24, 2.45) is 0 Å². The van der Waals surface area contributed by atoms with Gasteiger partial charge in [-0.1, -0.05) is 6.58 Å². The van der Waals surface area contributed by atoms with Gasteiger partial charge in [-0.15, -0.1) is 0 Å². The highest BCUT2D eigenvalue weighted by atomic mass is 19.4. The van der Waals surface area contributed by atoms with E-state index in [1.54, 1.807) is 0 Å². The molecule has 0 saturated heterocycles. The number of carbonyl (C=O) groups excluding carboxylic acids is 1. The summed E-state index contributed by atoms with van der Waals surface area (Å²) in [7, 11) is 0. The molecule has 0 saturated carbocycles. The van der Waals surface area contributed by atoms with Crippen molar-refractivity contribution in [3.63, 3.8) is 0 Å². The van der Waals surface area contributed by atoms with Crippen LogP contribution in [0.15, 0.2) is 12.2 Å². The van der Waals surface area contributed by atoms with E-state index in [4.69, 9.17) is 5.11 Å². The second kappa shape index (κ2) is 13.8. The third kappa shape index (κ3) is 6.79. The van der Waals surface area contributed by atoms with Gasteiger partial charge in [0.1, 0.15) is 6.61 Å². The van der Waals surface area contributed by atoms with E-state index in [1.165, 1.54) is 0 Å². The summed E-state index contributed by atoms with van der Waals surface area (Å²) in [5, 5.41) is 9.14. The van der Waals surface area contributed by atoms with E-state index >= 15 is 0 Å². The summed E-state index contributed by atoms with van der Waals surface area (Å²) in [6.07, 6.45) is -15.5. The van der Waals surface area contributed by atoms with Gasteiger partial charge in [-0.3, -0.25) is 0 Å². The van der Waals surface area contributed by atoms with Crippen LogP contribution in [-0.4, -0.2) is 113 Å². The Morgan fingerprint density at radius 3 is 0.821 bits per heavy atom. The lowest BCUT2D eigenvalue weighted by Crippen LogP contribution is -2.79. The molecule has 56 heavy (non-hydrogen) atoms.